The van der Waals surface area contributed by atoms with E-state index in [1.807, 2.05) is 0 Å². The van der Waals surface area contributed by atoms with Crippen molar-refractivity contribution in [2.75, 3.05) is 12.5 Å². The Bertz CT molecular complexity index is 472. The molecule has 7 heteroatoms. The first kappa shape index (κ1) is 11.3. The van der Waals surface area contributed by atoms with E-state index < -0.39 is 15.6 Å². The van der Waals surface area contributed by atoms with Crippen molar-refractivity contribution in [3.8, 4) is 0 Å². The molecule has 0 saturated heterocycles. The Morgan fingerprint density at radius 1 is 1.57 bits per heavy atom. The molecular weight excluding hydrogens is 270 g/mol. The topological polar surface area (TPSA) is 72.3 Å². The van der Waals surface area contributed by atoms with E-state index in [1.54, 1.807) is 0 Å². The quantitative estimate of drug-likeness (QED) is 0.771. The van der Waals surface area contributed by atoms with Gasteiger partial charge in [0, 0.05) is 28.4 Å². The molecular formula is C7H8BrN3O2S. The Hall–Kier alpha value is -0.820. The van der Waals surface area contributed by atoms with Crippen LogP contribution in [0.1, 0.15) is 10.5 Å². The van der Waals surface area contributed by atoms with Gasteiger partial charge in [0.25, 0.3) is 0 Å². The van der Waals surface area contributed by atoms with Crippen molar-refractivity contribution in [3.63, 3.8) is 0 Å². The molecule has 0 radical (unpaired) electrons. The number of carbonyl (C=O) groups is 1. The lowest BCUT2D eigenvalue weighted by atomic mass is 10.4. The van der Waals surface area contributed by atoms with Gasteiger partial charge in [-0.15, -0.1) is 0 Å². The predicted octanol–water partition coefficient (Wildman–Crippen LogP) is 1.11. The number of aromatic nitrogens is 2. The van der Waals surface area contributed by atoms with Crippen LogP contribution in [0.2, 0.25) is 0 Å². The van der Waals surface area contributed by atoms with E-state index in [-0.39, 0.29) is 5.69 Å². The third-order valence-electron chi connectivity index (χ3n) is 1.17. The summed E-state index contributed by atoms with van der Waals surface area (Å²) < 4.78 is 15.2. The molecule has 0 atom stereocenters. The first-order valence-corrected chi connectivity index (χ1v) is 6.69. The average molecular weight is 278 g/mol. The van der Waals surface area contributed by atoms with Crippen molar-refractivity contribution in [2.24, 2.45) is 4.36 Å². The zero-order valence-electron chi connectivity index (χ0n) is 7.60. The molecule has 1 aromatic heterocycles. The number of carbonyl (C=O) groups excluding carboxylic acids is 1. The van der Waals surface area contributed by atoms with Crippen molar-refractivity contribution in [3.05, 3.63) is 22.7 Å². The van der Waals surface area contributed by atoms with Gasteiger partial charge < -0.3 is 0 Å². The predicted molar refractivity (Wildman–Crippen MR) is 56.5 cm³/mol. The molecule has 14 heavy (non-hydrogen) atoms. The maximum atomic E-state index is 11.4. The fourth-order valence-electron chi connectivity index (χ4n) is 0.713. The summed E-state index contributed by atoms with van der Waals surface area (Å²) in [6.07, 6.45) is 5.45. The molecule has 0 N–H and O–H groups in total. The van der Waals surface area contributed by atoms with Crippen LogP contribution in [0, 0.1) is 0 Å². The number of amides is 1. The highest BCUT2D eigenvalue weighted by molar-refractivity contribution is 9.10. The number of hydrogen-bond acceptors (Lipinski definition) is 4. The lowest BCUT2D eigenvalue weighted by Gasteiger charge is -1.97. The molecule has 1 rings (SSSR count). The minimum atomic E-state index is -2.44. The maximum absolute atomic E-state index is 11.4. The van der Waals surface area contributed by atoms with Gasteiger partial charge in [0.2, 0.25) is 0 Å². The average Bonchev–Trinajstić information content (AvgIpc) is 2.01. The lowest BCUT2D eigenvalue weighted by Crippen LogP contribution is -2.04. The van der Waals surface area contributed by atoms with Gasteiger partial charge in [-0.05, 0) is 15.9 Å². The fourth-order valence-corrected chi connectivity index (χ4v) is 1.59. The van der Waals surface area contributed by atoms with Gasteiger partial charge in [-0.3, -0.25) is 4.79 Å². The summed E-state index contributed by atoms with van der Waals surface area (Å²) in [6, 6.07) is 0. The number of rotatable bonds is 1. The minimum Gasteiger partial charge on any atom is -0.264 e. The second kappa shape index (κ2) is 4.14. The van der Waals surface area contributed by atoms with Gasteiger partial charge in [0.05, 0.1) is 4.47 Å². The first-order chi connectivity index (χ1) is 6.40. The normalized spacial score (nSPS) is 11.1. The van der Waals surface area contributed by atoms with Crippen LogP contribution in [0.25, 0.3) is 0 Å². The van der Waals surface area contributed by atoms with Crippen LogP contribution < -0.4 is 0 Å². The van der Waals surface area contributed by atoms with Crippen LogP contribution >= 0.6 is 15.9 Å². The van der Waals surface area contributed by atoms with Crippen LogP contribution in [-0.4, -0.2) is 32.6 Å². The van der Waals surface area contributed by atoms with Gasteiger partial charge in [-0.1, -0.05) is 0 Å². The molecule has 0 aliphatic carbocycles. The monoisotopic (exact) mass is 277 g/mol. The molecule has 1 heterocycles. The first-order valence-electron chi connectivity index (χ1n) is 3.57. The molecule has 0 saturated carbocycles. The van der Waals surface area contributed by atoms with E-state index in [9.17, 15) is 9.00 Å². The fraction of sp³-hybridized carbons (Fsp3) is 0.286. The Kier molecular flexibility index (Phi) is 3.33. The van der Waals surface area contributed by atoms with Gasteiger partial charge >= 0.3 is 5.91 Å². The number of hydrogen-bond donors (Lipinski definition) is 0. The summed E-state index contributed by atoms with van der Waals surface area (Å²) in [7, 11) is -2.44. The van der Waals surface area contributed by atoms with Crippen LogP contribution in [-0.2, 0) is 9.73 Å². The summed E-state index contributed by atoms with van der Waals surface area (Å²) in [5.74, 6) is -0.603. The van der Waals surface area contributed by atoms with Gasteiger partial charge in [0.1, 0.15) is 12.0 Å². The van der Waals surface area contributed by atoms with E-state index in [2.05, 4.69) is 30.3 Å². The van der Waals surface area contributed by atoms with Crippen molar-refractivity contribution >= 4 is 31.6 Å². The van der Waals surface area contributed by atoms with Gasteiger partial charge in [-0.25, -0.2) is 14.2 Å². The van der Waals surface area contributed by atoms with Crippen LogP contribution in [0.3, 0.4) is 0 Å². The third-order valence-corrected chi connectivity index (χ3v) is 2.36. The molecule has 76 valence electrons. The second-order valence-corrected chi connectivity index (χ2v) is 6.20. The van der Waals surface area contributed by atoms with E-state index in [0.29, 0.717) is 4.47 Å². The zero-order valence-corrected chi connectivity index (χ0v) is 10.0. The molecule has 0 spiro atoms. The third kappa shape index (κ3) is 3.15. The molecule has 5 nitrogen and oxygen atoms in total. The van der Waals surface area contributed by atoms with E-state index in [0.717, 1.165) is 0 Å². The van der Waals surface area contributed by atoms with Crippen LogP contribution in [0.15, 0.2) is 21.4 Å². The summed E-state index contributed by atoms with van der Waals surface area (Å²) in [5.41, 5.74) is 0.122. The highest BCUT2D eigenvalue weighted by atomic mass is 79.9. The van der Waals surface area contributed by atoms with E-state index in [1.165, 1.54) is 25.0 Å². The molecule has 0 aromatic carbocycles. The molecule has 0 fully saturated rings. The maximum Gasteiger partial charge on any atom is 0.304 e. The lowest BCUT2D eigenvalue weighted by molar-refractivity contribution is 0.0999. The molecule has 0 aliphatic heterocycles. The van der Waals surface area contributed by atoms with E-state index in [4.69, 9.17) is 0 Å². The van der Waals surface area contributed by atoms with Gasteiger partial charge in [-0.2, -0.15) is 4.36 Å². The van der Waals surface area contributed by atoms with Crippen LogP contribution in [0.4, 0.5) is 0 Å². The summed E-state index contributed by atoms with van der Waals surface area (Å²) >= 11 is 3.11. The minimum absolute atomic E-state index is 0.122. The van der Waals surface area contributed by atoms with Crippen molar-refractivity contribution in [2.45, 2.75) is 0 Å². The van der Waals surface area contributed by atoms with Crippen molar-refractivity contribution < 1.29 is 9.00 Å². The highest BCUT2D eigenvalue weighted by Crippen LogP contribution is 2.13. The Labute approximate surface area is 90.3 Å². The number of halogens is 1. The summed E-state index contributed by atoms with van der Waals surface area (Å²) in [6.45, 7) is 0. The summed E-state index contributed by atoms with van der Waals surface area (Å²) in [5, 5.41) is 0. The molecule has 0 aliphatic rings. The standard InChI is InChI=1S/C7H8BrN3O2S/c1-14(2,13)11-7(12)6-5(8)3-9-4-10-6/h3-4H,1-2H3. The smallest absolute Gasteiger partial charge is 0.264 e. The Morgan fingerprint density at radius 3 is 2.71 bits per heavy atom. The number of nitrogens with zero attached hydrogens (tertiary/aromatic N) is 3. The second-order valence-electron chi connectivity index (χ2n) is 2.80. The highest BCUT2D eigenvalue weighted by Gasteiger charge is 2.11. The Morgan fingerprint density at radius 2 is 2.21 bits per heavy atom. The van der Waals surface area contributed by atoms with Crippen LogP contribution in [0.5, 0.6) is 0 Å². The summed E-state index contributed by atoms with van der Waals surface area (Å²) in [4.78, 5) is 18.9. The van der Waals surface area contributed by atoms with E-state index >= 15 is 0 Å². The zero-order chi connectivity index (χ0) is 10.8. The molecule has 1 aromatic rings. The molecule has 0 unspecified atom stereocenters. The Balaban J connectivity index is 3.16. The molecule has 1 amide bonds. The van der Waals surface area contributed by atoms with Crippen molar-refractivity contribution in [1.29, 1.82) is 0 Å². The van der Waals surface area contributed by atoms with Crippen molar-refractivity contribution in [1.82, 2.24) is 9.97 Å². The largest absolute Gasteiger partial charge is 0.304 e. The SMILES string of the molecule is CS(C)(=O)=NC(=O)c1ncncc1Br. The molecule has 0 bridgehead atoms. The van der Waals surface area contributed by atoms with Gasteiger partial charge in [0.15, 0.2) is 0 Å².